The van der Waals surface area contributed by atoms with Gasteiger partial charge in [-0.3, -0.25) is 4.79 Å². The number of aromatic nitrogens is 2. The zero-order valence-corrected chi connectivity index (χ0v) is 9.55. The Kier molecular flexibility index (Phi) is 4.85. The van der Waals surface area contributed by atoms with Gasteiger partial charge in [0.2, 0.25) is 0 Å². The minimum absolute atomic E-state index is 0.0531. The van der Waals surface area contributed by atoms with Crippen LogP contribution in [-0.4, -0.2) is 33.9 Å². The number of carbonyl (C=O) groups excluding carboxylic acids is 1. The molecule has 1 heterocycles. The molecule has 1 rings (SSSR count). The lowest BCUT2D eigenvalue weighted by atomic mass is 10.0. The topological polar surface area (TPSA) is 75.1 Å². The summed E-state index contributed by atoms with van der Waals surface area (Å²) >= 11 is 0. The van der Waals surface area contributed by atoms with Crippen LogP contribution in [0.1, 0.15) is 30.6 Å². The van der Waals surface area contributed by atoms with Crippen LogP contribution in [-0.2, 0) is 0 Å². The maximum Gasteiger partial charge on any atom is 0.253 e. The van der Waals surface area contributed by atoms with E-state index >= 15 is 0 Å². The fourth-order valence-corrected chi connectivity index (χ4v) is 1.44. The second-order valence-corrected chi connectivity index (χ2v) is 4.11. The molecule has 0 bridgehead atoms. The average Bonchev–Trinajstić information content (AvgIpc) is 2.28. The van der Waals surface area contributed by atoms with Gasteiger partial charge >= 0.3 is 0 Å². The van der Waals surface area contributed by atoms with E-state index in [1.807, 2.05) is 13.8 Å². The van der Waals surface area contributed by atoms with E-state index < -0.39 is 0 Å². The van der Waals surface area contributed by atoms with Crippen molar-refractivity contribution in [3.63, 3.8) is 0 Å². The molecule has 0 saturated carbocycles. The molecule has 0 spiro atoms. The van der Waals surface area contributed by atoms with Gasteiger partial charge in [0.1, 0.15) is 0 Å². The highest BCUT2D eigenvalue weighted by atomic mass is 16.3. The van der Waals surface area contributed by atoms with Gasteiger partial charge < -0.3 is 10.4 Å². The van der Waals surface area contributed by atoms with E-state index in [-0.39, 0.29) is 18.6 Å². The van der Waals surface area contributed by atoms with E-state index in [0.29, 0.717) is 11.5 Å². The third kappa shape index (κ3) is 3.94. The molecule has 0 aliphatic heterocycles. The highest BCUT2D eigenvalue weighted by Crippen LogP contribution is 2.05. The number of hydrogen-bond acceptors (Lipinski definition) is 4. The van der Waals surface area contributed by atoms with Crippen LogP contribution in [0.25, 0.3) is 0 Å². The molecule has 0 radical (unpaired) electrons. The molecule has 16 heavy (non-hydrogen) atoms. The standard InChI is InChI=1S/C11H17N3O2/c1-8(2)5-10(7-15)14-11(16)9-3-4-12-13-6-9/h3-4,6,8,10,15H,5,7H2,1-2H3,(H,14,16). The second kappa shape index (κ2) is 6.17. The van der Waals surface area contributed by atoms with Crippen molar-refractivity contribution in [1.82, 2.24) is 15.5 Å². The van der Waals surface area contributed by atoms with Gasteiger partial charge in [-0.2, -0.15) is 10.2 Å². The summed E-state index contributed by atoms with van der Waals surface area (Å²) in [6.45, 7) is 4.04. The zero-order valence-electron chi connectivity index (χ0n) is 9.55. The summed E-state index contributed by atoms with van der Waals surface area (Å²) in [7, 11) is 0. The summed E-state index contributed by atoms with van der Waals surface area (Å²) in [5.74, 6) is 0.197. The van der Waals surface area contributed by atoms with Crippen LogP contribution in [0.15, 0.2) is 18.5 Å². The van der Waals surface area contributed by atoms with E-state index in [2.05, 4.69) is 15.5 Å². The smallest absolute Gasteiger partial charge is 0.253 e. The number of aliphatic hydroxyl groups is 1. The number of rotatable bonds is 5. The van der Waals surface area contributed by atoms with Crippen LogP contribution in [0.2, 0.25) is 0 Å². The second-order valence-electron chi connectivity index (χ2n) is 4.11. The maximum atomic E-state index is 11.7. The lowest BCUT2D eigenvalue weighted by Gasteiger charge is -2.17. The van der Waals surface area contributed by atoms with Gasteiger partial charge in [0.15, 0.2) is 0 Å². The first kappa shape index (κ1) is 12.6. The molecule has 1 atom stereocenters. The minimum Gasteiger partial charge on any atom is -0.394 e. The number of amides is 1. The van der Waals surface area contributed by atoms with Crippen LogP contribution < -0.4 is 5.32 Å². The molecule has 0 saturated heterocycles. The maximum absolute atomic E-state index is 11.7. The highest BCUT2D eigenvalue weighted by Gasteiger charge is 2.14. The van der Waals surface area contributed by atoms with Crippen LogP contribution in [0, 0.1) is 5.92 Å². The van der Waals surface area contributed by atoms with Crippen molar-refractivity contribution in [3.05, 3.63) is 24.0 Å². The van der Waals surface area contributed by atoms with Gasteiger partial charge in [-0.25, -0.2) is 0 Å². The van der Waals surface area contributed by atoms with E-state index in [4.69, 9.17) is 5.11 Å². The van der Waals surface area contributed by atoms with Gasteiger partial charge in [0.05, 0.1) is 30.6 Å². The van der Waals surface area contributed by atoms with Gasteiger partial charge in [-0.1, -0.05) is 13.8 Å². The Morgan fingerprint density at radius 1 is 1.50 bits per heavy atom. The fourth-order valence-electron chi connectivity index (χ4n) is 1.44. The molecule has 2 N–H and O–H groups in total. The van der Waals surface area contributed by atoms with Gasteiger partial charge in [0.25, 0.3) is 5.91 Å². The predicted molar refractivity (Wildman–Crippen MR) is 59.8 cm³/mol. The Hall–Kier alpha value is -1.49. The summed E-state index contributed by atoms with van der Waals surface area (Å²) in [5.41, 5.74) is 0.456. The molecule has 5 heteroatoms. The molecule has 5 nitrogen and oxygen atoms in total. The quantitative estimate of drug-likeness (QED) is 0.767. The van der Waals surface area contributed by atoms with Gasteiger partial charge in [0, 0.05) is 0 Å². The van der Waals surface area contributed by atoms with Crippen molar-refractivity contribution in [1.29, 1.82) is 0 Å². The Morgan fingerprint density at radius 2 is 2.25 bits per heavy atom. The molecule has 88 valence electrons. The summed E-state index contributed by atoms with van der Waals surface area (Å²) in [6.07, 6.45) is 3.62. The summed E-state index contributed by atoms with van der Waals surface area (Å²) < 4.78 is 0. The minimum atomic E-state index is -0.227. The van der Waals surface area contributed by atoms with Crippen LogP contribution in [0.5, 0.6) is 0 Å². The van der Waals surface area contributed by atoms with Crippen molar-refractivity contribution in [2.75, 3.05) is 6.61 Å². The first-order valence-corrected chi connectivity index (χ1v) is 5.32. The first-order valence-electron chi connectivity index (χ1n) is 5.32. The molecule has 1 unspecified atom stereocenters. The summed E-state index contributed by atoms with van der Waals surface area (Å²) in [6, 6.07) is 1.38. The third-order valence-electron chi connectivity index (χ3n) is 2.16. The van der Waals surface area contributed by atoms with Crippen LogP contribution >= 0.6 is 0 Å². The summed E-state index contributed by atoms with van der Waals surface area (Å²) in [5, 5.41) is 19.1. The number of nitrogens with one attached hydrogen (secondary N) is 1. The zero-order chi connectivity index (χ0) is 12.0. The van der Waals surface area contributed by atoms with Crippen LogP contribution in [0.4, 0.5) is 0 Å². The molecule has 0 aromatic carbocycles. The monoisotopic (exact) mass is 223 g/mol. The predicted octanol–water partition coefficient (Wildman–Crippen LogP) is 0.613. The molecule has 1 aromatic rings. The fraction of sp³-hybridized carbons (Fsp3) is 0.545. The lowest BCUT2D eigenvalue weighted by Crippen LogP contribution is -2.38. The summed E-state index contributed by atoms with van der Waals surface area (Å²) in [4.78, 5) is 11.7. The van der Waals surface area contributed by atoms with Crippen molar-refractivity contribution < 1.29 is 9.90 Å². The molecule has 0 aliphatic carbocycles. The Labute approximate surface area is 94.9 Å². The molecule has 0 fully saturated rings. The van der Waals surface area contributed by atoms with E-state index in [1.54, 1.807) is 6.07 Å². The van der Waals surface area contributed by atoms with Gasteiger partial charge in [-0.05, 0) is 18.4 Å². The van der Waals surface area contributed by atoms with Crippen molar-refractivity contribution in [2.24, 2.45) is 5.92 Å². The van der Waals surface area contributed by atoms with E-state index in [1.165, 1.54) is 12.4 Å². The Bertz CT molecular complexity index is 327. The number of hydrogen-bond donors (Lipinski definition) is 2. The van der Waals surface area contributed by atoms with Crippen LogP contribution in [0.3, 0.4) is 0 Å². The molecule has 1 aromatic heterocycles. The van der Waals surface area contributed by atoms with Crippen molar-refractivity contribution in [2.45, 2.75) is 26.3 Å². The Balaban J connectivity index is 2.56. The molecular formula is C11H17N3O2. The van der Waals surface area contributed by atoms with E-state index in [0.717, 1.165) is 6.42 Å². The molecular weight excluding hydrogens is 206 g/mol. The number of aliphatic hydroxyl groups excluding tert-OH is 1. The third-order valence-corrected chi connectivity index (χ3v) is 2.16. The number of carbonyl (C=O) groups is 1. The van der Waals surface area contributed by atoms with E-state index in [9.17, 15) is 4.79 Å². The lowest BCUT2D eigenvalue weighted by molar-refractivity contribution is 0.0908. The highest BCUT2D eigenvalue weighted by molar-refractivity contribution is 5.93. The normalized spacial score (nSPS) is 12.5. The van der Waals surface area contributed by atoms with Gasteiger partial charge in [-0.15, -0.1) is 0 Å². The molecule has 0 aliphatic rings. The SMILES string of the molecule is CC(C)CC(CO)NC(=O)c1ccnnc1. The molecule has 1 amide bonds. The number of nitrogens with zero attached hydrogens (tertiary/aromatic N) is 2. The van der Waals surface area contributed by atoms with Crippen molar-refractivity contribution in [3.8, 4) is 0 Å². The van der Waals surface area contributed by atoms with Crippen molar-refractivity contribution >= 4 is 5.91 Å². The Morgan fingerprint density at radius 3 is 2.75 bits per heavy atom. The largest absolute Gasteiger partial charge is 0.394 e. The average molecular weight is 223 g/mol. The first-order chi connectivity index (χ1) is 7.63.